The minimum absolute atomic E-state index is 0.0380. The molecule has 0 aliphatic heterocycles. The van der Waals surface area contributed by atoms with E-state index in [1.807, 2.05) is 58.0 Å². The maximum Gasteiger partial charge on any atom is 0.211 e. The molecule has 0 spiro atoms. The van der Waals surface area contributed by atoms with E-state index in [1.165, 1.54) is 6.20 Å². The largest absolute Gasteiger partial charge is 0.504 e. The first-order chi connectivity index (χ1) is 12.6. The molecule has 0 aliphatic rings. The number of rotatable bonds is 3. The van der Waals surface area contributed by atoms with Crippen molar-refractivity contribution in [2.45, 2.75) is 27.7 Å². The van der Waals surface area contributed by atoms with Gasteiger partial charge in [-0.2, -0.15) is 0 Å². The van der Waals surface area contributed by atoms with Crippen molar-refractivity contribution in [2.24, 2.45) is 0 Å². The van der Waals surface area contributed by atoms with Gasteiger partial charge in [-0.25, -0.2) is 4.98 Å². The second kappa shape index (κ2) is 9.88. The number of hydrogen-bond donors (Lipinski definition) is 4. The Morgan fingerprint density at radius 2 is 1.46 bits per heavy atom. The number of aromatic amines is 1. The summed E-state index contributed by atoms with van der Waals surface area (Å²) in [7, 11) is 0. The Kier molecular flexibility index (Phi) is 7.89. The Labute approximate surface area is 152 Å². The SMILES string of the molecule is CC.CC.O=C(c1cc(O)c(O)c(O)c1)c1cnc(-c2ccccc2)[nH]1. The molecule has 0 bridgehead atoms. The first kappa shape index (κ1) is 20.8. The molecule has 6 heteroatoms. The molecular formula is C20H24N2O4. The maximum absolute atomic E-state index is 12.3. The van der Waals surface area contributed by atoms with Crippen LogP contribution in [0.1, 0.15) is 43.7 Å². The van der Waals surface area contributed by atoms with E-state index in [-0.39, 0.29) is 11.3 Å². The van der Waals surface area contributed by atoms with Crippen LogP contribution >= 0.6 is 0 Å². The van der Waals surface area contributed by atoms with Gasteiger partial charge >= 0.3 is 0 Å². The molecule has 0 amide bonds. The second-order valence-corrected chi connectivity index (χ2v) is 4.70. The summed E-state index contributed by atoms with van der Waals surface area (Å²) in [4.78, 5) is 19.4. The van der Waals surface area contributed by atoms with E-state index < -0.39 is 23.0 Å². The molecule has 0 atom stereocenters. The molecule has 26 heavy (non-hydrogen) atoms. The van der Waals surface area contributed by atoms with Crippen molar-refractivity contribution in [3.05, 3.63) is 59.9 Å². The normalized spacial score (nSPS) is 9.38. The van der Waals surface area contributed by atoms with Crippen molar-refractivity contribution in [2.75, 3.05) is 0 Å². The third kappa shape index (κ3) is 4.63. The number of imidazole rings is 1. The molecule has 138 valence electrons. The molecule has 0 fully saturated rings. The Morgan fingerprint density at radius 1 is 0.923 bits per heavy atom. The van der Waals surface area contributed by atoms with Gasteiger partial charge in [0.25, 0.3) is 0 Å². The number of phenols is 3. The molecule has 3 aromatic rings. The third-order valence-corrected chi connectivity index (χ3v) is 3.20. The quantitative estimate of drug-likeness (QED) is 0.409. The van der Waals surface area contributed by atoms with E-state index in [0.717, 1.165) is 17.7 Å². The van der Waals surface area contributed by atoms with E-state index in [4.69, 9.17) is 0 Å². The van der Waals surface area contributed by atoms with Crippen LogP contribution in [0.4, 0.5) is 0 Å². The Morgan fingerprint density at radius 3 is 2.00 bits per heavy atom. The second-order valence-electron chi connectivity index (χ2n) is 4.70. The van der Waals surface area contributed by atoms with Crippen LogP contribution in [0.3, 0.4) is 0 Å². The molecule has 0 saturated carbocycles. The van der Waals surface area contributed by atoms with E-state index >= 15 is 0 Å². The van der Waals surface area contributed by atoms with Crippen molar-refractivity contribution in [3.8, 4) is 28.6 Å². The summed E-state index contributed by atoms with van der Waals surface area (Å²) >= 11 is 0. The van der Waals surface area contributed by atoms with Crippen LogP contribution < -0.4 is 0 Å². The molecular weight excluding hydrogens is 332 g/mol. The fraction of sp³-hybridized carbons (Fsp3) is 0.200. The van der Waals surface area contributed by atoms with Crippen molar-refractivity contribution < 1.29 is 20.1 Å². The van der Waals surface area contributed by atoms with Gasteiger partial charge in [0.2, 0.25) is 5.78 Å². The zero-order valence-electron chi connectivity index (χ0n) is 15.3. The standard InChI is InChI=1S/C16H12N2O4.2C2H6/c19-12-6-10(7-13(20)15(12)22)14(21)11-8-17-16(18-11)9-4-2-1-3-5-9;2*1-2/h1-8,19-20,22H,(H,17,18);2*1-2H3. The highest BCUT2D eigenvalue weighted by atomic mass is 16.3. The van der Waals surface area contributed by atoms with Gasteiger partial charge in [0.15, 0.2) is 17.2 Å². The van der Waals surface area contributed by atoms with Crippen LogP contribution in [0.2, 0.25) is 0 Å². The average molecular weight is 356 g/mol. The van der Waals surface area contributed by atoms with Crippen LogP contribution in [-0.4, -0.2) is 31.1 Å². The number of aromatic nitrogens is 2. The summed E-state index contributed by atoms with van der Waals surface area (Å²) in [5.41, 5.74) is 1.08. The van der Waals surface area contributed by atoms with Gasteiger partial charge in [0, 0.05) is 11.1 Å². The number of H-pyrrole nitrogens is 1. The van der Waals surface area contributed by atoms with Crippen LogP contribution in [-0.2, 0) is 0 Å². The third-order valence-electron chi connectivity index (χ3n) is 3.20. The first-order valence-electron chi connectivity index (χ1n) is 8.46. The lowest BCUT2D eigenvalue weighted by Crippen LogP contribution is -2.01. The van der Waals surface area contributed by atoms with E-state index in [9.17, 15) is 20.1 Å². The smallest absolute Gasteiger partial charge is 0.211 e. The molecule has 3 rings (SSSR count). The van der Waals surface area contributed by atoms with Gasteiger partial charge in [0.1, 0.15) is 11.5 Å². The van der Waals surface area contributed by atoms with Gasteiger partial charge in [-0.15, -0.1) is 0 Å². The number of benzene rings is 2. The van der Waals surface area contributed by atoms with E-state index in [2.05, 4.69) is 9.97 Å². The number of nitrogens with one attached hydrogen (secondary N) is 1. The Bertz CT molecular complexity index is 819. The van der Waals surface area contributed by atoms with E-state index in [0.29, 0.717) is 5.82 Å². The minimum Gasteiger partial charge on any atom is -0.504 e. The highest BCUT2D eigenvalue weighted by molar-refractivity contribution is 6.08. The van der Waals surface area contributed by atoms with Gasteiger partial charge in [-0.1, -0.05) is 58.0 Å². The topological polar surface area (TPSA) is 106 Å². The van der Waals surface area contributed by atoms with Crippen LogP contribution in [0, 0.1) is 0 Å². The number of ketones is 1. The monoisotopic (exact) mass is 356 g/mol. The number of hydrogen-bond acceptors (Lipinski definition) is 5. The summed E-state index contributed by atoms with van der Waals surface area (Å²) in [6, 6.07) is 11.5. The molecule has 0 radical (unpaired) electrons. The summed E-state index contributed by atoms with van der Waals surface area (Å²) < 4.78 is 0. The van der Waals surface area contributed by atoms with Crippen molar-refractivity contribution in [1.29, 1.82) is 0 Å². The van der Waals surface area contributed by atoms with Gasteiger partial charge in [-0.05, 0) is 12.1 Å². The van der Waals surface area contributed by atoms with Gasteiger partial charge in [0.05, 0.1) is 6.20 Å². The van der Waals surface area contributed by atoms with E-state index in [1.54, 1.807) is 0 Å². The fourth-order valence-corrected chi connectivity index (χ4v) is 2.07. The number of carbonyl (C=O) groups is 1. The molecule has 4 N–H and O–H groups in total. The van der Waals surface area contributed by atoms with Gasteiger partial charge < -0.3 is 20.3 Å². The van der Waals surface area contributed by atoms with Crippen molar-refractivity contribution in [3.63, 3.8) is 0 Å². The maximum atomic E-state index is 12.3. The van der Waals surface area contributed by atoms with Crippen LogP contribution in [0.15, 0.2) is 48.7 Å². The van der Waals surface area contributed by atoms with Crippen molar-refractivity contribution >= 4 is 5.78 Å². The molecule has 0 aliphatic carbocycles. The summed E-state index contributed by atoms with van der Waals surface area (Å²) in [5.74, 6) is -1.71. The summed E-state index contributed by atoms with van der Waals surface area (Å²) in [5, 5.41) is 28.2. The zero-order valence-corrected chi connectivity index (χ0v) is 15.3. The predicted molar refractivity (Wildman–Crippen MR) is 102 cm³/mol. The number of nitrogens with zero attached hydrogens (tertiary/aromatic N) is 1. The lowest BCUT2D eigenvalue weighted by atomic mass is 10.1. The lowest BCUT2D eigenvalue weighted by molar-refractivity contribution is 0.103. The highest BCUT2D eigenvalue weighted by Crippen LogP contribution is 2.35. The zero-order chi connectivity index (χ0) is 19.7. The van der Waals surface area contributed by atoms with Crippen LogP contribution in [0.25, 0.3) is 11.4 Å². The van der Waals surface area contributed by atoms with Crippen molar-refractivity contribution in [1.82, 2.24) is 9.97 Å². The minimum atomic E-state index is -0.661. The molecule has 1 heterocycles. The predicted octanol–water partition coefficient (Wildman–Crippen LogP) is 4.48. The Balaban J connectivity index is 0.000000791. The summed E-state index contributed by atoms with van der Waals surface area (Å²) in [6.45, 7) is 8.00. The summed E-state index contributed by atoms with van der Waals surface area (Å²) in [6.07, 6.45) is 1.38. The first-order valence-corrected chi connectivity index (χ1v) is 8.46. The number of carbonyl (C=O) groups excluding carboxylic acids is 1. The highest BCUT2D eigenvalue weighted by Gasteiger charge is 2.17. The molecule has 6 nitrogen and oxygen atoms in total. The fourth-order valence-electron chi connectivity index (χ4n) is 2.07. The average Bonchev–Trinajstić information content (AvgIpc) is 3.19. The van der Waals surface area contributed by atoms with Crippen LogP contribution in [0.5, 0.6) is 17.2 Å². The number of aromatic hydroxyl groups is 3. The molecule has 0 unspecified atom stereocenters. The van der Waals surface area contributed by atoms with Gasteiger partial charge in [-0.3, -0.25) is 4.79 Å². The Hall–Kier alpha value is -3.28. The molecule has 2 aromatic carbocycles. The molecule has 0 saturated heterocycles. The lowest BCUT2D eigenvalue weighted by Gasteiger charge is -2.04. The molecule has 1 aromatic heterocycles. The number of phenolic OH excluding ortho intramolecular Hbond substituents is 3.